The first-order valence-corrected chi connectivity index (χ1v) is 8.88. The SMILES string of the molecule is CN(C[C@H]1CCc2nccn2C1)C(=O)NC[C@H]1CCCS1. The minimum atomic E-state index is 0.0685. The van der Waals surface area contributed by atoms with Crippen molar-refractivity contribution in [2.24, 2.45) is 5.92 Å². The van der Waals surface area contributed by atoms with Gasteiger partial charge in [0.05, 0.1) is 0 Å². The van der Waals surface area contributed by atoms with Crippen molar-refractivity contribution in [1.29, 1.82) is 0 Å². The molecule has 6 heteroatoms. The van der Waals surface area contributed by atoms with Crippen LogP contribution in [0.2, 0.25) is 0 Å². The molecule has 2 atom stereocenters. The number of urea groups is 1. The van der Waals surface area contributed by atoms with Crippen molar-refractivity contribution >= 4 is 17.8 Å². The van der Waals surface area contributed by atoms with Crippen LogP contribution in [0.4, 0.5) is 4.79 Å². The quantitative estimate of drug-likeness (QED) is 0.925. The van der Waals surface area contributed by atoms with Crippen molar-refractivity contribution in [1.82, 2.24) is 19.8 Å². The monoisotopic (exact) mass is 308 g/mol. The van der Waals surface area contributed by atoms with Crippen molar-refractivity contribution in [3.63, 3.8) is 0 Å². The molecule has 1 N–H and O–H groups in total. The molecular weight excluding hydrogens is 284 g/mol. The lowest BCUT2D eigenvalue weighted by molar-refractivity contribution is 0.192. The summed E-state index contributed by atoms with van der Waals surface area (Å²) in [5.41, 5.74) is 0. The first-order valence-electron chi connectivity index (χ1n) is 7.83. The van der Waals surface area contributed by atoms with E-state index in [4.69, 9.17) is 0 Å². The number of amides is 2. The third kappa shape index (κ3) is 3.73. The molecule has 1 saturated heterocycles. The zero-order chi connectivity index (χ0) is 14.7. The smallest absolute Gasteiger partial charge is 0.317 e. The van der Waals surface area contributed by atoms with E-state index in [1.165, 1.54) is 24.4 Å². The van der Waals surface area contributed by atoms with E-state index in [0.29, 0.717) is 11.2 Å². The van der Waals surface area contributed by atoms with Gasteiger partial charge in [-0.25, -0.2) is 9.78 Å². The molecular formula is C15H24N4OS. The van der Waals surface area contributed by atoms with Gasteiger partial charge >= 0.3 is 6.03 Å². The highest BCUT2D eigenvalue weighted by Crippen LogP contribution is 2.25. The molecule has 0 spiro atoms. The van der Waals surface area contributed by atoms with E-state index in [1.807, 2.05) is 36.1 Å². The number of rotatable bonds is 4. The maximum atomic E-state index is 12.2. The zero-order valence-electron chi connectivity index (χ0n) is 12.6. The molecule has 116 valence electrons. The summed E-state index contributed by atoms with van der Waals surface area (Å²) in [4.78, 5) is 18.3. The fourth-order valence-electron chi connectivity index (χ4n) is 3.20. The Morgan fingerprint density at radius 2 is 2.48 bits per heavy atom. The highest BCUT2D eigenvalue weighted by molar-refractivity contribution is 8.00. The Labute approximate surface area is 130 Å². The van der Waals surface area contributed by atoms with Gasteiger partial charge in [-0.2, -0.15) is 11.8 Å². The molecule has 0 bridgehead atoms. The number of fused-ring (bicyclic) bond motifs is 1. The van der Waals surface area contributed by atoms with E-state index in [-0.39, 0.29) is 6.03 Å². The van der Waals surface area contributed by atoms with Gasteiger partial charge in [0.15, 0.2) is 0 Å². The van der Waals surface area contributed by atoms with Crippen LogP contribution in [-0.2, 0) is 13.0 Å². The predicted octanol–water partition coefficient (Wildman–Crippen LogP) is 1.98. The minimum absolute atomic E-state index is 0.0685. The number of carbonyl (C=O) groups excluding carboxylic acids is 1. The van der Waals surface area contributed by atoms with Gasteiger partial charge in [0, 0.05) is 50.7 Å². The van der Waals surface area contributed by atoms with Crippen LogP contribution >= 0.6 is 11.8 Å². The number of hydrogen-bond donors (Lipinski definition) is 1. The molecule has 2 aliphatic rings. The standard InChI is InChI=1S/C15H24N4OS/c1-18(15(20)17-9-13-3-2-8-21-13)10-12-4-5-14-16-6-7-19(14)11-12/h6-7,12-13H,2-5,8-11H2,1H3,(H,17,20)/t12-,13-/m1/s1. The Balaban J connectivity index is 1.43. The third-order valence-corrected chi connectivity index (χ3v) is 5.81. The second-order valence-electron chi connectivity index (χ2n) is 6.10. The van der Waals surface area contributed by atoms with Crippen molar-refractivity contribution in [3.05, 3.63) is 18.2 Å². The summed E-state index contributed by atoms with van der Waals surface area (Å²) in [5.74, 6) is 2.95. The van der Waals surface area contributed by atoms with Crippen LogP contribution in [0.3, 0.4) is 0 Å². The fraction of sp³-hybridized carbons (Fsp3) is 0.733. The number of imidazole rings is 1. The van der Waals surface area contributed by atoms with E-state index < -0.39 is 0 Å². The molecule has 2 aliphatic heterocycles. The van der Waals surface area contributed by atoms with Gasteiger partial charge in [-0.05, 0) is 30.9 Å². The van der Waals surface area contributed by atoms with Crippen molar-refractivity contribution in [2.75, 3.05) is 25.9 Å². The normalized spacial score (nSPS) is 24.6. The maximum Gasteiger partial charge on any atom is 0.317 e. The average molecular weight is 308 g/mol. The molecule has 0 unspecified atom stereocenters. The summed E-state index contributed by atoms with van der Waals surface area (Å²) in [7, 11) is 1.90. The van der Waals surface area contributed by atoms with Crippen LogP contribution in [-0.4, -0.2) is 51.6 Å². The summed E-state index contributed by atoms with van der Waals surface area (Å²) >= 11 is 1.98. The summed E-state index contributed by atoms with van der Waals surface area (Å²) < 4.78 is 2.22. The van der Waals surface area contributed by atoms with Gasteiger partial charge in [0.25, 0.3) is 0 Å². The van der Waals surface area contributed by atoms with E-state index in [0.717, 1.165) is 32.5 Å². The molecule has 2 amide bonds. The molecule has 0 aromatic carbocycles. The van der Waals surface area contributed by atoms with Gasteiger partial charge < -0.3 is 14.8 Å². The Morgan fingerprint density at radius 3 is 3.29 bits per heavy atom. The molecule has 0 saturated carbocycles. The predicted molar refractivity (Wildman–Crippen MR) is 85.5 cm³/mol. The third-order valence-electron chi connectivity index (χ3n) is 4.42. The number of aromatic nitrogens is 2. The first kappa shape index (κ1) is 14.8. The highest BCUT2D eigenvalue weighted by atomic mass is 32.2. The summed E-state index contributed by atoms with van der Waals surface area (Å²) in [6, 6.07) is 0.0685. The molecule has 1 fully saturated rings. The molecule has 0 radical (unpaired) electrons. The van der Waals surface area contributed by atoms with Crippen LogP contribution in [0.25, 0.3) is 0 Å². The topological polar surface area (TPSA) is 50.2 Å². The minimum Gasteiger partial charge on any atom is -0.337 e. The molecule has 3 heterocycles. The van der Waals surface area contributed by atoms with Crippen LogP contribution in [0.5, 0.6) is 0 Å². The number of aryl methyl sites for hydroxylation is 1. The maximum absolute atomic E-state index is 12.2. The Morgan fingerprint density at radius 1 is 1.57 bits per heavy atom. The van der Waals surface area contributed by atoms with Gasteiger partial charge in [-0.15, -0.1) is 0 Å². The van der Waals surface area contributed by atoms with E-state index in [9.17, 15) is 4.79 Å². The van der Waals surface area contributed by atoms with E-state index in [1.54, 1.807) is 0 Å². The molecule has 5 nitrogen and oxygen atoms in total. The number of hydrogen-bond acceptors (Lipinski definition) is 3. The Hall–Kier alpha value is -1.17. The number of carbonyl (C=O) groups is 1. The van der Waals surface area contributed by atoms with Crippen molar-refractivity contribution in [3.8, 4) is 0 Å². The van der Waals surface area contributed by atoms with Gasteiger partial charge in [0.2, 0.25) is 0 Å². The molecule has 1 aromatic heterocycles. The lowest BCUT2D eigenvalue weighted by atomic mass is 9.99. The molecule has 3 rings (SSSR count). The van der Waals surface area contributed by atoms with Gasteiger partial charge in [0.1, 0.15) is 5.82 Å². The van der Waals surface area contributed by atoms with Gasteiger partial charge in [-0.3, -0.25) is 0 Å². The van der Waals surface area contributed by atoms with E-state index >= 15 is 0 Å². The van der Waals surface area contributed by atoms with Gasteiger partial charge in [-0.1, -0.05) is 0 Å². The largest absolute Gasteiger partial charge is 0.337 e. The van der Waals surface area contributed by atoms with Crippen LogP contribution in [0, 0.1) is 5.92 Å². The van der Waals surface area contributed by atoms with Crippen LogP contribution < -0.4 is 5.32 Å². The second kappa shape index (κ2) is 6.73. The average Bonchev–Trinajstić information content (AvgIpc) is 3.15. The number of thioether (sulfide) groups is 1. The first-order chi connectivity index (χ1) is 10.2. The number of nitrogens with one attached hydrogen (secondary N) is 1. The zero-order valence-corrected chi connectivity index (χ0v) is 13.4. The lowest BCUT2D eigenvalue weighted by Gasteiger charge is -2.28. The lowest BCUT2D eigenvalue weighted by Crippen LogP contribution is -2.43. The summed E-state index contributed by atoms with van der Waals surface area (Å²) in [6.45, 7) is 2.61. The highest BCUT2D eigenvalue weighted by Gasteiger charge is 2.22. The number of nitrogens with zero attached hydrogens (tertiary/aromatic N) is 3. The fourth-order valence-corrected chi connectivity index (χ4v) is 4.40. The van der Waals surface area contributed by atoms with E-state index in [2.05, 4.69) is 14.9 Å². The van der Waals surface area contributed by atoms with Crippen molar-refractivity contribution < 1.29 is 4.79 Å². The van der Waals surface area contributed by atoms with Crippen LogP contribution in [0.1, 0.15) is 25.1 Å². The van der Waals surface area contributed by atoms with Crippen molar-refractivity contribution in [2.45, 2.75) is 37.5 Å². The van der Waals surface area contributed by atoms with Crippen LogP contribution in [0.15, 0.2) is 12.4 Å². The Bertz CT molecular complexity index is 484. The summed E-state index contributed by atoms with van der Waals surface area (Å²) in [5, 5.41) is 3.69. The Kier molecular flexibility index (Phi) is 4.73. The molecule has 1 aromatic rings. The molecule has 21 heavy (non-hydrogen) atoms. The molecule has 0 aliphatic carbocycles. The second-order valence-corrected chi connectivity index (χ2v) is 7.51. The summed E-state index contributed by atoms with van der Waals surface area (Å²) in [6.07, 6.45) is 8.57.